The van der Waals surface area contributed by atoms with Gasteiger partial charge in [0.1, 0.15) is 12.4 Å². The van der Waals surface area contributed by atoms with Crippen molar-refractivity contribution >= 4 is 23.6 Å². The number of nitrogens with two attached hydrogens (primary N) is 1. The molecule has 3 N–H and O–H groups in total. The smallest absolute Gasteiger partial charge is 0.244 e. The predicted octanol–water partition coefficient (Wildman–Crippen LogP) is 2.26. The first-order valence-corrected chi connectivity index (χ1v) is 9.83. The fourth-order valence-corrected chi connectivity index (χ4v) is 3.56. The number of aromatic nitrogens is 3. The minimum Gasteiger partial charge on any atom is -0.368 e. The van der Waals surface area contributed by atoms with Crippen molar-refractivity contribution in [3.8, 4) is 5.69 Å². The molecule has 1 heterocycles. The van der Waals surface area contributed by atoms with Crippen molar-refractivity contribution in [2.75, 3.05) is 5.75 Å². The summed E-state index contributed by atoms with van der Waals surface area (Å²) < 4.78 is 1.86. The normalized spacial score (nSPS) is 11.8. The number of primary amides is 1. The lowest BCUT2D eigenvalue weighted by atomic mass is 10.1. The Labute approximate surface area is 167 Å². The van der Waals surface area contributed by atoms with E-state index in [0.717, 1.165) is 17.7 Å². The molecule has 3 rings (SSSR count). The average Bonchev–Trinajstić information content (AvgIpc) is 3.19. The van der Waals surface area contributed by atoms with E-state index in [4.69, 9.17) is 5.73 Å². The molecule has 1 unspecified atom stereocenters. The van der Waals surface area contributed by atoms with Gasteiger partial charge >= 0.3 is 0 Å². The molecule has 0 saturated carbocycles. The van der Waals surface area contributed by atoms with Crippen molar-refractivity contribution in [3.63, 3.8) is 0 Å². The van der Waals surface area contributed by atoms with Crippen LogP contribution in [0.5, 0.6) is 0 Å². The lowest BCUT2D eigenvalue weighted by Gasteiger charge is -2.16. The molecular weight excluding hydrogens is 374 g/mol. The number of hydrogen-bond acceptors (Lipinski definition) is 5. The van der Waals surface area contributed by atoms with Crippen molar-refractivity contribution in [1.29, 1.82) is 0 Å². The summed E-state index contributed by atoms with van der Waals surface area (Å²) in [7, 11) is 0. The fraction of sp³-hybridized carbons (Fsp3) is 0.200. The van der Waals surface area contributed by atoms with Gasteiger partial charge in [-0.2, -0.15) is 0 Å². The van der Waals surface area contributed by atoms with Gasteiger partial charge in [0.2, 0.25) is 11.8 Å². The largest absolute Gasteiger partial charge is 0.368 e. The van der Waals surface area contributed by atoms with E-state index in [0.29, 0.717) is 10.7 Å². The Morgan fingerprint density at radius 2 is 1.86 bits per heavy atom. The van der Waals surface area contributed by atoms with Crippen molar-refractivity contribution < 1.29 is 9.59 Å². The van der Waals surface area contributed by atoms with E-state index < -0.39 is 11.9 Å². The second kappa shape index (κ2) is 9.18. The van der Waals surface area contributed by atoms with Crippen LogP contribution in [0.25, 0.3) is 5.69 Å². The minimum atomic E-state index is -0.868. The zero-order valence-electron chi connectivity index (χ0n) is 15.4. The molecule has 8 heteroatoms. The molecule has 0 aliphatic carbocycles. The van der Waals surface area contributed by atoms with E-state index in [9.17, 15) is 9.59 Å². The van der Waals surface area contributed by atoms with Gasteiger partial charge in [0, 0.05) is 0 Å². The third-order valence-corrected chi connectivity index (χ3v) is 5.15. The lowest BCUT2D eigenvalue weighted by Crippen LogP contribution is -2.38. The molecule has 144 valence electrons. The van der Waals surface area contributed by atoms with Crippen molar-refractivity contribution in [2.45, 2.75) is 24.5 Å². The van der Waals surface area contributed by atoms with Crippen LogP contribution in [0.4, 0.5) is 0 Å². The Bertz CT molecular complexity index is 958. The zero-order chi connectivity index (χ0) is 19.9. The molecule has 0 fully saturated rings. The van der Waals surface area contributed by atoms with Crippen LogP contribution in [0.1, 0.15) is 24.1 Å². The molecule has 0 spiro atoms. The van der Waals surface area contributed by atoms with Crippen LogP contribution in [0.2, 0.25) is 0 Å². The van der Waals surface area contributed by atoms with Gasteiger partial charge in [0.05, 0.1) is 11.4 Å². The highest BCUT2D eigenvalue weighted by Gasteiger charge is 2.20. The maximum absolute atomic E-state index is 12.4. The van der Waals surface area contributed by atoms with Gasteiger partial charge in [-0.3, -0.25) is 14.2 Å². The van der Waals surface area contributed by atoms with Crippen molar-refractivity contribution in [1.82, 2.24) is 20.1 Å². The SMILES string of the molecule is CCc1ccccc1-n1cnnc1SCC(=O)NC(C(N)=O)c1ccccc1. The predicted molar refractivity (Wildman–Crippen MR) is 108 cm³/mol. The number of hydrogen-bond donors (Lipinski definition) is 2. The highest BCUT2D eigenvalue weighted by molar-refractivity contribution is 7.99. The van der Waals surface area contributed by atoms with Crippen LogP contribution >= 0.6 is 11.8 Å². The maximum atomic E-state index is 12.4. The van der Waals surface area contributed by atoms with Gasteiger partial charge in [-0.1, -0.05) is 67.2 Å². The number of nitrogens with zero attached hydrogens (tertiary/aromatic N) is 3. The maximum Gasteiger partial charge on any atom is 0.244 e. The van der Waals surface area contributed by atoms with Gasteiger partial charge in [-0.15, -0.1) is 10.2 Å². The Balaban J connectivity index is 1.69. The molecule has 7 nitrogen and oxygen atoms in total. The van der Waals surface area contributed by atoms with E-state index in [-0.39, 0.29) is 11.7 Å². The molecule has 2 amide bonds. The zero-order valence-corrected chi connectivity index (χ0v) is 16.2. The molecule has 0 bridgehead atoms. The fourth-order valence-electron chi connectivity index (χ4n) is 2.83. The summed E-state index contributed by atoms with van der Waals surface area (Å²) in [5.41, 5.74) is 8.24. The first-order valence-electron chi connectivity index (χ1n) is 8.85. The number of benzene rings is 2. The first-order chi connectivity index (χ1) is 13.6. The summed E-state index contributed by atoms with van der Waals surface area (Å²) in [5.74, 6) is -0.829. The number of aryl methyl sites for hydroxylation is 1. The quantitative estimate of drug-likeness (QED) is 0.570. The van der Waals surface area contributed by atoms with E-state index in [1.54, 1.807) is 30.6 Å². The van der Waals surface area contributed by atoms with Crippen LogP contribution in [0.15, 0.2) is 66.1 Å². The molecule has 0 saturated heterocycles. The Hall–Kier alpha value is -3.13. The molecule has 1 aromatic heterocycles. The highest BCUT2D eigenvalue weighted by Crippen LogP contribution is 2.22. The van der Waals surface area contributed by atoms with E-state index in [2.05, 4.69) is 22.4 Å². The Morgan fingerprint density at radius 1 is 1.14 bits per heavy atom. The topological polar surface area (TPSA) is 103 Å². The number of nitrogens with one attached hydrogen (secondary N) is 1. The van der Waals surface area contributed by atoms with Gasteiger partial charge in [0.25, 0.3) is 0 Å². The summed E-state index contributed by atoms with van der Waals surface area (Å²) in [6, 6.07) is 16.0. The molecule has 28 heavy (non-hydrogen) atoms. The number of carbonyl (C=O) groups excluding carboxylic acids is 2. The lowest BCUT2D eigenvalue weighted by molar-refractivity contribution is -0.126. The number of rotatable bonds is 8. The molecule has 0 aliphatic heterocycles. The standard InChI is InChI=1S/C20H21N5O2S/c1-2-14-8-6-7-11-16(14)25-13-22-24-20(25)28-12-17(26)23-18(19(21)27)15-9-4-3-5-10-15/h3-11,13,18H,2,12H2,1H3,(H2,21,27)(H,23,26). The molecule has 3 aromatic rings. The summed E-state index contributed by atoms with van der Waals surface area (Å²) in [4.78, 5) is 24.2. The van der Waals surface area contributed by atoms with Crippen LogP contribution in [0.3, 0.4) is 0 Å². The number of para-hydroxylation sites is 1. The Kier molecular flexibility index (Phi) is 6.44. The minimum absolute atomic E-state index is 0.0869. The van der Waals surface area contributed by atoms with Crippen LogP contribution in [-0.4, -0.2) is 32.3 Å². The van der Waals surface area contributed by atoms with Crippen LogP contribution < -0.4 is 11.1 Å². The summed E-state index contributed by atoms with van der Waals surface area (Å²) >= 11 is 1.25. The summed E-state index contributed by atoms with van der Waals surface area (Å²) in [6.45, 7) is 2.08. The molecule has 2 aromatic carbocycles. The number of carbonyl (C=O) groups is 2. The summed E-state index contributed by atoms with van der Waals surface area (Å²) in [6.07, 6.45) is 2.50. The molecule has 0 radical (unpaired) electrons. The number of amides is 2. The van der Waals surface area contributed by atoms with Gasteiger partial charge in [-0.05, 0) is 23.6 Å². The van der Waals surface area contributed by atoms with Crippen molar-refractivity contribution in [3.05, 3.63) is 72.1 Å². The molecule has 1 atom stereocenters. The third-order valence-electron chi connectivity index (χ3n) is 4.20. The monoisotopic (exact) mass is 395 g/mol. The summed E-state index contributed by atoms with van der Waals surface area (Å²) in [5, 5.41) is 11.4. The van der Waals surface area contributed by atoms with Gasteiger partial charge in [-0.25, -0.2) is 0 Å². The van der Waals surface area contributed by atoms with Gasteiger partial charge in [0.15, 0.2) is 5.16 Å². The molecular formula is C20H21N5O2S. The van der Waals surface area contributed by atoms with E-state index in [1.807, 2.05) is 34.9 Å². The van der Waals surface area contributed by atoms with E-state index in [1.165, 1.54) is 11.8 Å². The number of thioether (sulfide) groups is 1. The van der Waals surface area contributed by atoms with Crippen molar-refractivity contribution in [2.24, 2.45) is 5.73 Å². The Morgan fingerprint density at radius 3 is 2.57 bits per heavy atom. The van der Waals surface area contributed by atoms with E-state index >= 15 is 0 Å². The second-order valence-electron chi connectivity index (χ2n) is 6.07. The highest BCUT2D eigenvalue weighted by atomic mass is 32.2. The first kappa shape index (κ1) is 19.6. The second-order valence-corrected chi connectivity index (χ2v) is 7.01. The molecule has 0 aliphatic rings. The van der Waals surface area contributed by atoms with Crippen LogP contribution in [-0.2, 0) is 16.0 Å². The van der Waals surface area contributed by atoms with Gasteiger partial charge < -0.3 is 11.1 Å². The van der Waals surface area contributed by atoms with Crippen LogP contribution in [0, 0.1) is 0 Å². The average molecular weight is 395 g/mol. The third kappa shape index (κ3) is 4.58.